The SMILES string of the molecule is CC(C)(C)OC(=O)NCC(C#N)NC1CC1. The fourth-order valence-corrected chi connectivity index (χ4v) is 1.18. The van der Waals surface area contributed by atoms with Gasteiger partial charge in [0.1, 0.15) is 11.6 Å². The number of ether oxygens (including phenoxy) is 1. The van der Waals surface area contributed by atoms with Crippen LogP contribution in [0, 0.1) is 11.3 Å². The molecule has 1 unspecified atom stereocenters. The summed E-state index contributed by atoms with van der Waals surface area (Å²) in [6.07, 6.45) is 1.75. The molecule has 1 saturated carbocycles. The second kappa shape index (κ2) is 5.17. The number of nitrogens with one attached hydrogen (secondary N) is 2. The van der Waals surface area contributed by atoms with Gasteiger partial charge in [0, 0.05) is 12.6 Å². The van der Waals surface area contributed by atoms with Crippen LogP contribution in [0.4, 0.5) is 4.79 Å². The van der Waals surface area contributed by atoms with Crippen LogP contribution in [0.15, 0.2) is 0 Å². The normalized spacial score (nSPS) is 17.4. The number of carbonyl (C=O) groups is 1. The van der Waals surface area contributed by atoms with E-state index in [1.54, 1.807) is 20.8 Å². The second-order valence-electron chi connectivity index (χ2n) is 5.01. The molecule has 1 amide bonds. The van der Waals surface area contributed by atoms with Crippen molar-refractivity contribution in [1.29, 1.82) is 5.26 Å². The van der Waals surface area contributed by atoms with Crippen LogP contribution in [0.2, 0.25) is 0 Å². The molecule has 1 rings (SSSR count). The maximum atomic E-state index is 11.3. The molecule has 0 heterocycles. The monoisotopic (exact) mass is 225 g/mol. The predicted molar refractivity (Wildman–Crippen MR) is 59.8 cm³/mol. The number of carbonyl (C=O) groups excluding carboxylic acids is 1. The topological polar surface area (TPSA) is 74.1 Å². The third-order valence-corrected chi connectivity index (χ3v) is 2.02. The van der Waals surface area contributed by atoms with Gasteiger partial charge < -0.3 is 10.1 Å². The maximum absolute atomic E-state index is 11.3. The van der Waals surface area contributed by atoms with Crippen LogP contribution in [0.5, 0.6) is 0 Å². The Balaban J connectivity index is 2.21. The molecule has 2 N–H and O–H groups in total. The molecule has 0 aliphatic heterocycles. The van der Waals surface area contributed by atoms with E-state index in [9.17, 15) is 4.79 Å². The molecule has 1 aliphatic rings. The fraction of sp³-hybridized carbons (Fsp3) is 0.818. The lowest BCUT2D eigenvalue weighted by atomic mass is 10.2. The highest BCUT2D eigenvalue weighted by Gasteiger charge is 2.25. The van der Waals surface area contributed by atoms with Crippen LogP contribution >= 0.6 is 0 Å². The summed E-state index contributed by atoms with van der Waals surface area (Å²) >= 11 is 0. The van der Waals surface area contributed by atoms with Crippen LogP contribution in [-0.4, -0.2) is 30.3 Å². The van der Waals surface area contributed by atoms with E-state index in [4.69, 9.17) is 10.00 Å². The van der Waals surface area contributed by atoms with Gasteiger partial charge in [-0.2, -0.15) is 5.26 Å². The van der Waals surface area contributed by atoms with E-state index in [2.05, 4.69) is 16.7 Å². The summed E-state index contributed by atoms with van der Waals surface area (Å²) in [5.74, 6) is 0. The van der Waals surface area contributed by atoms with Crippen LogP contribution in [0.1, 0.15) is 33.6 Å². The Labute approximate surface area is 96.2 Å². The molecule has 16 heavy (non-hydrogen) atoms. The zero-order valence-corrected chi connectivity index (χ0v) is 10.0. The van der Waals surface area contributed by atoms with Crippen molar-refractivity contribution >= 4 is 6.09 Å². The van der Waals surface area contributed by atoms with Crippen molar-refractivity contribution in [3.8, 4) is 6.07 Å². The van der Waals surface area contributed by atoms with Gasteiger partial charge >= 0.3 is 6.09 Å². The summed E-state index contributed by atoms with van der Waals surface area (Å²) in [6.45, 7) is 5.69. The Morgan fingerprint density at radius 2 is 2.19 bits per heavy atom. The zero-order valence-electron chi connectivity index (χ0n) is 10.0. The molecular weight excluding hydrogens is 206 g/mol. The Hall–Kier alpha value is -1.28. The number of rotatable bonds is 4. The Bertz CT molecular complexity index is 287. The number of amides is 1. The molecule has 0 spiro atoms. The number of nitrogens with zero attached hydrogens (tertiary/aromatic N) is 1. The average molecular weight is 225 g/mol. The molecule has 0 bridgehead atoms. The lowest BCUT2D eigenvalue weighted by Crippen LogP contribution is -2.42. The largest absolute Gasteiger partial charge is 0.444 e. The molecule has 1 atom stereocenters. The van der Waals surface area contributed by atoms with Crippen LogP contribution in [0.3, 0.4) is 0 Å². The summed E-state index contributed by atoms with van der Waals surface area (Å²) in [6, 6.07) is 2.23. The molecule has 1 fully saturated rings. The minimum Gasteiger partial charge on any atom is -0.444 e. The van der Waals surface area contributed by atoms with Gasteiger partial charge in [-0.25, -0.2) is 4.79 Å². The van der Waals surface area contributed by atoms with E-state index >= 15 is 0 Å². The molecule has 5 heteroatoms. The molecule has 90 valence electrons. The molecule has 0 aromatic heterocycles. The van der Waals surface area contributed by atoms with Crippen molar-refractivity contribution in [2.24, 2.45) is 0 Å². The fourth-order valence-electron chi connectivity index (χ4n) is 1.18. The van der Waals surface area contributed by atoms with Crippen LogP contribution in [0.25, 0.3) is 0 Å². The highest BCUT2D eigenvalue weighted by atomic mass is 16.6. The van der Waals surface area contributed by atoms with Gasteiger partial charge in [-0.3, -0.25) is 5.32 Å². The third-order valence-electron chi connectivity index (χ3n) is 2.02. The number of alkyl carbamates (subject to hydrolysis) is 1. The van der Waals surface area contributed by atoms with Crippen molar-refractivity contribution < 1.29 is 9.53 Å². The van der Waals surface area contributed by atoms with E-state index in [0.29, 0.717) is 6.04 Å². The maximum Gasteiger partial charge on any atom is 0.407 e. The summed E-state index contributed by atoms with van der Waals surface area (Å²) < 4.78 is 5.07. The molecule has 1 aliphatic carbocycles. The smallest absolute Gasteiger partial charge is 0.407 e. The van der Waals surface area contributed by atoms with Crippen LogP contribution in [-0.2, 0) is 4.74 Å². The predicted octanol–water partition coefficient (Wildman–Crippen LogP) is 1.16. The van der Waals surface area contributed by atoms with E-state index in [-0.39, 0.29) is 12.6 Å². The molecule has 0 saturated heterocycles. The van der Waals surface area contributed by atoms with Crippen molar-refractivity contribution in [3.63, 3.8) is 0 Å². The van der Waals surface area contributed by atoms with Gasteiger partial charge in [0.05, 0.1) is 6.07 Å². The van der Waals surface area contributed by atoms with E-state index in [1.807, 2.05) is 0 Å². The Morgan fingerprint density at radius 1 is 1.56 bits per heavy atom. The van der Waals surface area contributed by atoms with Gasteiger partial charge in [-0.15, -0.1) is 0 Å². The number of nitriles is 1. The summed E-state index contributed by atoms with van der Waals surface area (Å²) in [5.41, 5.74) is -0.504. The first-order valence-electron chi connectivity index (χ1n) is 5.53. The van der Waals surface area contributed by atoms with Crippen molar-refractivity contribution in [2.75, 3.05) is 6.54 Å². The molecule has 0 aromatic rings. The first-order valence-corrected chi connectivity index (χ1v) is 5.53. The van der Waals surface area contributed by atoms with Gasteiger partial charge in [0.25, 0.3) is 0 Å². The number of hydrogen-bond acceptors (Lipinski definition) is 4. The van der Waals surface area contributed by atoms with Crippen LogP contribution < -0.4 is 10.6 Å². The van der Waals surface area contributed by atoms with Gasteiger partial charge in [-0.05, 0) is 33.6 Å². The highest BCUT2D eigenvalue weighted by Crippen LogP contribution is 2.19. The van der Waals surface area contributed by atoms with Crippen molar-refractivity contribution in [3.05, 3.63) is 0 Å². The van der Waals surface area contributed by atoms with Crippen molar-refractivity contribution in [2.45, 2.75) is 51.3 Å². The summed E-state index contributed by atoms with van der Waals surface area (Å²) in [4.78, 5) is 11.3. The molecule has 0 aromatic carbocycles. The van der Waals surface area contributed by atoms with Gasteiger partial charge in [0.2, 0.25) is 0 Å². The third kappa shape index (κ3) is 5.56. The van der Waals surface area contributed by atoms with Gasteiger partial charge in [0.15, 0.2) is 0 Å². The van der Waals surface area contributed by atoms with E-state index in [1.165, 1.54) is 0 Å². The minimum absolute atomic E-state index is 0.280. The quantitative estimate of drug-likeness (QED) is 0.752. The highest BCUT2D eigenvalue weighted by molar-refractivity contribution is 5.67. The lowest BCUT2D eigenvalue weighted by molar-refractivity contribution is 0.0525. The second-order valence-corrected chi connectivity index (χ2v) is 5.01. The Kier molecular flexibility index (Phi) is 4.13. The summed E-state index contributed by atoms with van der Waals surface area (Å²) in [5, 5.41) is 14.5. The standard InChI is InChI=1S/C11H19N3O2/c1-11(2,3)16-10(15)13-7-9(6-12)14-8-4-5-8/h8-9,14H,4-5,7H2,1-3H3,(H,13,15). The molecular formula is C11H19N3O2. The van der Waals surface area contributed by atoms with E-state index < -0.39 is 11.7 Å². The number of hydrogen-bond donors (Lipinski definition) is 2. The minimum atomic E-state index is -0.504. The van der Waals surface area contributed by atoms with Crippen molar-refractivity contribution in [1.82, 2.24) is 10.6 Å². The van der Waals surface area contributed by atoms with E-state index in [0.717, 1.165) is 12.8 Å². The zero-order chi connectivity index (χ0) is 12.2. The average Bonchev–Trinajstić information content (AvgIpc) is 2.92. The molecule has 5 nitrogen and oxygen atoms in total. The Morgan fingerprint density at radius 3 is 2.62 bits per heavy atom. The first-order chi connectivity index (χ1) is 7.40. The summed E-state index contributed by atoms with van der Waals surface area (Å²) in [7, 11) is 0. The van der Waals surface area contributed by atoms with Gasteiger partial charge in [-0.1, -0.05) is 0 Å². The first kappa shape index (κ1) is 12.8. The lowest BCUT2D eigenvalue weighted by Gasteiger charge is -2.20. The molecule has 0 radical (unpaired) electrons.